The zero-order chi connectivity index (χ0) is 16.2. The number of hydrogen-bond acceptors (Lipinski definition) is 5. The Labute approximate surface area is 144 Å². The molecule has 1 aliphatic rings. The number of amides is 1. The molecule has 7 heteroatoms. The summed E-state index contributed by atoms with van der Waals surface area (Å²) in [6, 6.07) is 7.98. The highest BCUT2D eigenvalue weighted by Crippen LogP contribution is 2.24. The number of rotatable bonds is 4. The zero-order valence-corrected chi connectivity index (χ0v) is 14.5. The van der Waals surface area contributed by atoms with E-state index >= 15 is 0 Å². The molecule has 1 aliphatic heterocycles. The molecule has 1 atom stereocenters. The van der Waals surface area contributed by atoms with Gasteiger partial charge in [0.25, 0.3) is 0 Å². The van der Waals surface area contributed by atoms with Crippen molar-refractivity contribution in [1.29, 1.82) is 0 Å². The van der Waals surface area contributed by atoms with Gasteiger partial charge in [-0.25, -0.2) is 4.98 Å². The summed E-state index contributed by atoms with van der Waals surface area (Å²) >= 11 is 7.55. The minimum Gasteiger partial charge on any atom is -0.314 e. The van der Waals surface area contributed by atoms with Gasteiger partial charge in [-0.15, -0.1) is 11.3 Å². The lowest BCUT2D eigenvalue weighted by molar-refractivity contribution is -0.118. The molecule has 122 valence electrons. The highest BCUT2D eigenvalue weighted by atomic mass is 35.5. The number of aryl methyl sites for hydroxylation is 1. The van der Waals surface area contributed by atoms with Crippen molar-refractivity contribution < 1.29 is 4.79 Å². The Hall–Kier alpha value is -1.47. The number of carbonyl (C=O) groups excluding carboxylic acids is 1. The van der Waals surface area contributed by atoms with E-state index in [1.807, 2.05) is 30.5 Å². The molecule has 1 amide bonds. The molecule has 1 aromatic heterocycles. The fraction of sp³-hybridized carbons (Fsp3) is 0.375. The van der Waals surface area contributed by atoms with Crippen molar-refractivity contribution in [2.24, 2.45) is 0 Å². The second kappa shape index (κ2) is 7.40. The monoisotopic (exact) mass is 350 g/mol. The maximum atomic E-state index is 12.3. The van der Waals surface area contributed by atoms with Crippen molar-refractivity contribution >= 4 is 34.0 Å². The number of anilines is 1. The first-order valence-electron chi connectivity index (χ1n) is 7.54. The molecule has 1 saturated heterocycles. The Morgan fingerprint density at radius 2 is 2.43 bits per heavy atom. The largest absolute Gasteiger partial charge is 0.314 e. The van der Waals surface area contributed by atoms with Crippen molar-refractivity contribution in [3.8, 4) is 0 Å². The van der Waals surface area contributed by atoms with E-state index in [4.69, 9.17) is 11.6 Å². The summed E-state index contributed by atoms with van der Waals surface area (Å²) in [5, 5.41) is 9.55. The summed E-state index contributed by atoms with van der Waals surface area (Å²) in [4.78, 5) is 18.8. The van der Waals surface area contributed by atoms with Crippen LogP contribution in [0.5, 0.6) is 0 Å². The summed E-state index contributed by atoms with van der Waals surface area (Å²) in [7, 11) is 0. The summed E-state index contributed by atoms with van der Waals surface area (Å²) < 4.78 is 0. The topological polar surface area (TPSA) is 57.3 Å². The van der Waals surface area contributed by atoms with Gasteiger partial charge in [0.1, 0.15) is 0 Å². The summed E-state index contributed by atoms with van der Waals surface area (Å²) in [5.41, 5.74) is 2.05. The first-order valence-corrected chi connectivity index (χ1v) is 8.80. The molecule has 3 rings (SSSR count). The molecular formula is C16H19ClN4OS. The van der Waals surface area contributed by atoms with E-state index in [2.05, 4.69) is 26.6 Å². The van der Waals surface area contributed by atoms with Crippen LogP contribution < -0.4 is 10.6 Å². The first-order chi connectivity index (χ1) is 11.1. The Bertz CT molecular complexity index is 690. The first kappa shape index (κ1) is 16.4. The number of piperazine rings is 1. The molecule has 0 spiro atoms. The average Bonchev–Trinajstić information content (AvgIpc) is 2.92. The van der Waals surface area contributed by atoms with E-state index in [0.29, 0.717) is 11.7 Å². The van der Waals surface area contributed by atoms with Gasteiger partial charge in [-0.1, -0.05) is 23.7 Å². The number of nitrogens with one attached hydrogen (secondary N) is 2. The molecule has 1 fully saturated rings. The standard InChI is InChI=1S/C16H19ClN4OS/c1-11-10-23-16(19-11)20-15(22)9-21-6-5-18-8-14(21)12-3-2-4-13(17)7-12/h2-4,7,10,14,18H,5-6,8-9H2,1H3,(H,19,20,22). The van der Waals surface area contributed by atoms with Crippen LogP contribution in [0, 0.1) is 6.92 Å². The lowest BCUT2D eigenvalue weighted by Gasteiger charge is -2.36. The third-order valence-corrected chi connectivity index (χ3v) is 4.91. The lowest BCUT2D eigenvalue weighted by atomic mass is 10.0. The second-order valence-electron chi connectivity index (χ2n) is 5.59. The van der Waals surface area contributed by atoms with Crippen molar-refractivity contribution in [1.82, 2.24) is 15.2 Å². The average molecular weight is 351 g/mol. The van der Waals surface area contributed by atoms with Crippen molar-refractivity contribution in [2.75, 3.05) is 31.5 Å². The molecule has 0 saturated carbocycles. The highest BCUT2D eigenvalue weighted by Gasteiger charge is 2.25. The number of hydrogen-bond donors (Lipinski definition) is 2. The van der Waals surface area contributed by atoms with Crippen molar-refractivity contribution in [2.45, 2.75) is 13.0 Å². The van der Waals surface area contributed by atoms with E-state index < -0.39 is 0 Å². The van der Waals surface area contributed by atoms with Gasteiger partial charge in [-0.2, -0.15) is 0 Å². The minimum absolute atomic E-state index is 0.0340. The van der Waals surface area contributed by atoms with E-state index in [1.165, 1.54) is 11.3 Å². The summed E-state index contributed by atoms with van der Waals surface area (Å²) in [6.07, 6.45) is 0. The smallest absolute Gasteiger partial charge is 0.240 e. The van der Waals surface area contributed by atoms with Crippen LogP contribution in [-0.2, 0) is 4.79 Å². The number of thiazole rings is 1. The molecule has 23 heavy (non-hydrogen) atoms. The summed E-state index contributed by atoms with van der Waals surface area (Å²) in [5.74, 6) is -0.0340. The van der Waals surface area contributed by atoms with Crippen LogP contribution in [-0.4, -0.2) is 42.0 Å². The van der Waals surface area contributed by atoms with Crippen LogP contribution in [0.3, 0.4) is 0 Å². The van der Waals surface area contributed by atoms with Crippen LogP contribution >= 0.6 is 22.9 Å². The number of halogens is 1. The van der Waals surface area contributed by atoms with Gasteiger partial charge >= 0.3 is 0 Å². The van der Waals surface area contributed by atoms with E-state index in [1.54, 1.807) is 0 Å². The fourth-order valence-electron chi connectivity index (χ4n) is 2.73. The van der Waals surface area contributed by atoms with Gasteiger partial charge in [0, 0.05) is 36.1 Å². The molecular weight excluding hydrogens is 332 g/mol. The van der Waals surface area contributed by atoms with Crippen LogP contribution in [0.25, 0.3) is 0 Å². The lowest BCUT2D eigenvalue weighted by Crippen LogP contribution is -2.48. The third kappa shape index (κ3) is 4.29. The van der Waals surface area contributed by atoms with E-state index in [0.717, 1.165) is 35.9 Å². The van der Waals surface area contributed by atoms with E-state index in [-0.39, 0.29) is 11.9 Å². The van der Waals surface area contributed by atoms with Gasteiger partial charge in [0.15, 0.2) is 5.13 Å². The SMILES string of the molecule is Cc1csc(NC(=O)CN2CCNCC2c2cccc(Cl)c2)n1. The third-order valence-electron chi connectivity index (χ3n) is 3.80. The van der Waals surface area contributed by atoms with Gasteiger partial charge in [0.2, 0.25) is 5.91 Å². The van der Waals surface area contributed by atoms with Crippen LogP contribution in [0.15, 0.2) is 29.6 Å². The Balaban J connectivity index is 1.67. The van der Waals surface area contributed by atoms with Crippen LogP contribution in [0.1, 0.15) is 17.3 Å². The molecule has 0 bridgehead atoms. The molecule has 2 N–H and O–H groups in total. The second-order valence-corrected chi connectivity index (χ2v) is 6.88. The number of benzene rings is 1. The van der Waals surface area contributed by atoms with Crippen LogP contribution in [0.4, 0.5) is 5.13 Å². The predicted molar refractivity (Wildman–Crippen MR) is 94.1 cm³/mol. The molecule has 1 unspecified atom stereocenters. The summed E-state index contributed by atoms with van der Waals surface area (Å²) in [6.45, 7) is 4.77. The quantitative estimate of drug-likeness (QED) is 0.890. The van der Waals surface area contributed by atoms with Crippen LogP contribution in [0.2, 0.25) is 5.02 Å². The molecule has 5 nitrogen and oxygen atoms in total. The highest BCUT2D eigenvalue weighted by molar-refractivity contribution is 7.13. The molecule has 2 heterocycles. The Morgan fingerprint density at radius 3 is 3.17 bits per heavy atom. The number of nitrogens with zero attached hydrogens (tertiary/aromatic N) is 2. The van der Waals surface area contributed by atoms with Gasteiger partial charge in [-0.3, -0.25) is 9.69 Å². The minimum atomic E-state index is -0.0340. The van der Waals surface area contributed by atoms with E-state index in [9.17, 15) is 4.79 Å². The normalized spacial score (nSPS) is 18.8. The maximum Gasteiger partial charge on any atom is 0.240 e. The van der Waals surface area contributed by atoms with Gasteiger partial charge in [-0.05, 0) is 24.6 Å². The van der Waals surface area contributed by atoms with Crippen molar-refractivity contribution in [3.05, 3.63) is 45.9 Å². The fourth-order valence-corrected chi connectivity index (χ4v) is 3.64. The molecule has 2 aromatic rings. The van der Waals surface area contributed by atoms with Gasteiger partial charge < -0.3 is 10.6 Å². The molecule has 0 radical (unpaired) electrons. The number of carbonyl (C=O) groups is 1. The number of aromatic nitrogens is 1. The zero-order valence-electron chi connectivity index (χ0n) is 12.9. The van der Waals surface area contributed by atoms with Gasteiger partial charge in [0.05, 0.1) is 12.2 Å². The van der Waals surface area contributed by atoms with Crippen molar-refractivity contribution in [3.63, 3.8) is 0 Å². The molecule has 0 aliphatic carbocycles. The predicted octanol–water partition coefficient (Wildman–Crippen LogP) is 2.69. The Kier molecular flexibility index (Phi) is 5.27. The maximum absolute atomic E-state index is 12.3. The Morgan fingerprint density at radius 1 is 1.57 bits per heavy atom. The molecule has 1 aromatic carbocycles.